The van der Waals surface area contributed by atoms with E-state index in [1.807, 2.05) is 0 Å². The van der Waals surface area contributed by atoms with Crippen molar-refractivity contribution in [3.05, 3.63) is 54.0 Å². The third-order valence-corrected chi connectivity index (χ3v) is 8.35. The van der Waals surface area contributed by atoms with E-state index < -0.39 is 31.7 Å². The SMILES string of the molecule is O=C(Nc1nc(C(=O)O)c(S(=O)(=O)c2ccccn2)s1)Nc1ncccc1C(=O)C1CCCC1. The fourth-order valence-electron chi connectivity index (χ4n) is 3.63. The molecule has 1 saturated carbocycles. The number of aromatic nitrogens is 3. The molecule has 1 fully saturated rings. The Labute approximate surface area is 198 Å². The zero-order valence-electron chi connectivity index (χ0n) is 17.6. The molecule has 0 aromatic carbocycles. The maximum Gasteiger partial charge on any atom is 0.356 e. The molecule has 4 rings (SSSR count). The molecule has 3 heterocycles. The summed E-state index contributed by atoms with van der Waals surface area (Å²) in [6.07, 6.45) is 6.19. The molecular formula is C21H19N5O6S2. The summed E-state index contributed by atoms with van der Waals surface area (Å²) in [5.74, 6) is -1.75. The van der Waals surface area contributed by atoms with Crippen molar-refractivity contribution in [1.82, 2.24) is 15.0 Å². The number of ketones is 1. The van der Waals surface area contributed by atoms with Crippen LogP contribution >= 0.6 is 11.3 Å². The van der Waals surface area contributed by atoms with Gasteiger partial charge in [-0.25, -0.2) is 33.0 Å². The Kier molecular flexibility index (Phi) is 6.65. The van der Waals surface area contributed by atoms with E-state index in [9.17, 15) is 27.9 Å². The highest BCUT2D eigenvalue weighted by atomic mass is 32.2. The van der Waals surface area contributed by atoms with E-state index in [0.29, 0.717) is 11.3 Å². The molecule has 13 heteroatoms. The number of hydrogen-bond acceptors (Lipinski definition) is 9. The molecule has 176 valence electrons. The minimum Gasteiger partial charge on any atom is -0.476 e. The van der Waals surface area contributed by atoms with Gasteiger partial charge in [0.05, 0.1) is 5.56 Å². The van der Waals surface area contributed by atoms with Crippen LogP contribution in [0.2, 0.25) is 0 Å². The van der Waals surface area contributed by atoms with E-state index in [-0.39, 0.29) is 33.2 Å². The highest BCUT2D eigenvalue weighted by Gasteiger charge is 2.31. The molecule has 0 spiro atoms. The number of sulfone groups is 1. The summed E-state index contributed by atoms with van der Waals surface area (Å²) >= 11 is 0.480. The van der Waals surface area contributed by atoms with Gasteiger partial charge in [-0.3, -0.25) is 15.4 Å². The Hall–Kier alpha value is -3.71. The molecule has 0 bridgehead atoms. The first-order valence-corrected chi connectivity index (χ1v) is 12.5. The van der Waals surface area contributed by atoms with Crippen LogP contribution in [0.15, 0.2) is 52.0 Å². The second-order valence-corrected chi connectivity index (χ2v) is 10.5. The molecule has 1 aliphatic rings. The van der Waals surface area contributed by atoms with Crippen LogP contribution in [0.25, 0.3) is 0 Å². The molecule has 0 radical (unpaired) electrons. The van der Waals surface area contributed by atoms with Crippen LogP contribution in [0.5, 0.6) is 0 Å². The molecule has 34 heavy (non-hydrogen) atoms. The smallest absolute Gasteiger partial charge is 0.356 e. The van der Waals surface area contributed by atoms with Gasteiger partial charge in [0.15, 0.2) is 25.8 Å². The van der Waals surface area contributed by atoms with E-state index in [2.05, 4.69) is 25.6 Å². The average molecular weight is 502 g/mol. The van der Waals surface area contributed by atoms with Gasteiger partial charge in [-0.05, 0) is 37.1 Å². The van der Waals surface area contributed by atoms with E-state index in [4.69, 9.17) is 0 Å². The predicted octanol–water partition coefficient (Wildman–Crippen LogP) is 3.48. The highest BCUT2D eigenvalue weighted by Crippen LogP contribution is 2.32. The van der Waals surface area contributed by atoms with Gasteiger partial charge in [0.1, 0.15) is 5.82 Å². The second-order valence-electron chi connectivity index (χ2n) is 7.46. The number of amides is 2. The predicted molar refractivity (Wildman–Crippen MR) is 122 cm³/mol. The molecule has 3 N–H and O–H groups in total. The largest absolute Gasteiger partial charge is 0.476 e. The van der Waals surface area contributed by atoms with Crippen LogP contribution in [0.1, 0.15) is 46.5 Å². The Morgan fingerprint density at radius 2 is 1.74 bits per heavy atom. The molecule has 1 aliphatic carbocycles. The molecular weight excluding hydrogens is 482 g/mol. The highest BCUT2D eigenvalue weighted by molar-refractivity contribution is 7.93. The lowest BCUT2D eigenvalue weighted by atomic mass is 9.97. The van der Waals surface area contributed by atoms with Crippen LogP contribution < -0.4 is 10.6 Å². The quantitative estimate of drug-likeness (QED) is 0.410. The van der Waals surface area contributed by atoms with E-state index in [1.54, 1.807) is 12.1 Å². The number of carbonyl (C=O) groups is 3. The monoisotopic (exact) mass is 501 g/mol. The van der Waals surface area contributed by atoms with Gasteiger partial charge in [0.25, 0.3) is 0 Å². The number of nitrogens with one attached hydrogen (secondary N) is 2. The van der Waals surface area contributed by atoms with Crippen molar-refractivity contribution in [2.24, 2.45) is 5.92 Å². The minimum absolute atomic E-state index is 0.0493. The number of thiazole rings is 1. The van der Waals surface area contributed by atoms with Gasteiger partial charge < -0.3 is 5.11 Å². The van der Waals surface area contributed by atoms with Crippen molar-refractivity contribution >= 4 is 49.9 Å². The fourth-order valence-corrected chi connectivity index (χ4v) is 6.28. The first kappa shape index (κ1) is 23.4. The number of carboxylic acids is 1. The summed E-state index contributed by atoms with van der Waals surface area (Å²) < 4.78 is 25.2. The zero-order chi connectivity index (χ0) is 24.3. The van der Waals surface area contributed by atoms with E-state index >= 15 is 0 Å². The summed E-state index contributed by atoms with van der Waals surface area (Å²) in [4.78, 5) is 48.6. The number of carbonyl (C=O) groups excluding carboxylic acids is 2. The summed E-state index contributed by atoms with van der Waals surface area (Å²) in [5.41, 5.74) is -0.464. The van der Waals surface area contributed by atoms with Crippen LogP contribution in [-0.4, -0.2) is 46.3 Å². The molecule has 2 amide bonds. The minimum atomic E-state index is -4.28. The Morgan fingerprint density at radius 3 is 2.41 bits per heavy atom. The number of pyridine rings is 2. The normalized spacial score (nSPS) is 14.0. The van der Waals surface area contributed by atoms with Crippen LogP contribution in [-0.2, 0) is 9.84 Å². The first-order chi connectivity index (χ1) is 16.3. The van der Waals surface area contributed by atoms with Gasteiger partial charge in [0.2, 0.25) is 9.84 Å². The van der Waals surface area contributed by atoms with Crippen LogP contribution in [0.3, 0.4) is 0 Å². The lowest BCUT2D eigenvalue weighted by Gasteiger charge is -2.12. The molecule has 3 aromatic heterocycles. The van der Waals surface area contributed by atoms with Gasteiger partial charge >= 0.3 is 12.0 Å². The molecule has 0 atom stereocenters. The Bertz CT molecular complexity index is 1350. The Balaban J connectivity index is 1.57. The molecule has 3 aromatic rings. The molecule has 0 aliphatic heterocycles. The third-order valence-electron chi connectivity index (χ3n) is 5.21. The molecule has 0 unspecified atom stereocenters. The zero-order valence-corrected chi connectivity index (χ0v) is 19.2. The average Bonchev–Trinajstić information content (AvgIpc) is 3.50. The lowest BCUT2D eigenvalue weighted by Crippen LogP contribution is -2.23. The van der Waals surface area contributed by atoms with Gasteiger partial charge in [-0.2, -0.15) is 0 Å². The third kappa shape index (κ3) is 4.79. The molecule has 11 nitrogen and oxygen atoms in total. The van der Waals surface area contributed by atoms with Crippen LogP contribution in [0, 0.1) is 5.92 Å². The van der Waals surface area contributed by atoms with Crippen molar-refractivity contribution in [3.8, 4) is 0 Å². The number of aromatic carboxylic acids is 1. The molecule has 0 saturated heterocycles. The van der Waals surface area contributed by atoms with E-state index in [1.165, 1.54) is 30.6 Å². The van der Waals surface area contributed by atoms with Crippen molar-refractivity contribution in [1.29, 1.82) is 0 Å². The van der Waals surface area contributed by atoms with Gasteiger partial charge in [-0.15, -0.1) is 0 Å². The number of Topliss-reactive ketones (excluding diaryl/α,β-unsaturated/α-hetero) is 1. The number of nitrogens with zero attached hydrogens (tertiary/aromatic N) is 3. The van der Waals surface area contributed by atoms with Crippen molar-refractivity contribution in [2.75, 3.05) is 10.6 Å². The summed E-state index contributed by atoms with van der Waals surface area (Å²) in [6, 6.07) is 6.51. The standard InChI is InChI=1S/C21H19N5O6S2/c27-16(12-6-1-2-7-12)13-8-5-11-23-17(13)25-20(30)26-21-24-15(18(28)29)19(33-21)34(31,32)14-9-3-4-10-22-14/h3-5,8-12H,1-2,6-7H2,(H,28,29)(H2,23,24,25,26,30). The number of carboxylic acid groups (broad SMARTS) is 1. The van der Waals surface area contributed by atoms with E-state index in [0.717, 1.165) is 25.7 Å². The summed E-state index contributed by atoms with van der Waals surface area (Å²) in [7, 11) is -4.28. The maximum atomic E-state index is 12.9. The Morgan fingerprint density at radius 1 is 1.00 bits per heavy atom. The summed E-state index contributed by atoms with van der Waals surface area (Å²) in [6.45, 7) is 0. The fraction of sp³-hybridized carbons (Fsp3) is 0.238. The van der Waals surface area contributed by atoms with Gasteiger partial charge in [-0.1, -0.05) is 30.2 Å². The number of urea groups is 1. The van der Waals surface area contributed by atoms with Crippen molar-refractivity contribution < 1.29 is 27.9 Å². The maximum absolute atomic E-state index is 12.9. The lowest BCUT2D eigenvalue weighted by molar-refractivity contribution is 0.0687. The van der Waals surface area contributed by atoms with Gasteiger partial charge in [0, 0.05) is 18.3 Å². The van der Waals surface area contributed by atoms with Crippen molar-refractivity contribution in [3.63, 3.8) is 0 Å². The first-order valence-electron chi connectivity index (χ1n) is 10.2. The van der Waals surface area contributed by atoms with Crippen LogP contribution in [0.4, 0.5) is 15.7 Å². The number of anilines is 2. The van der Waals surface area contributed by atoms with Crippen molar-refractivity contribution in [2.45, 2.75) is 34.9 Å². The topological polar surface area (TPSA) is 168 Å². The summed E-state index contributed by atoms with van der Waals surface area (Å²) in [5, 5.41) is 13.6. The number of rotatable bonds is 7. The number of hydrogen-bond donors (Lipinski definition) is 3. The second kappa shape index (κ2) is 9.65.